The van der Waals surface area contributed by atoms with Crippen molar-refractivity contribution in [3.05, 3.63) is 56.5 Å². The van der Waals surface area contributed by atoms with Crippen LogP contribution in [0.5, 0.6) is 0 Å². The van der Waals surface area contributed by atoms with Gasteiger partial charge in [0.15, 0.2) is 11.2 Å². The summed E-state index contributed by atoms with van der Waals surface area (Å²) in [6, 6.07) is 6.63. The van der Waals surface area contributed by atoms with Crippen molar-refractivity contribution in [2.45, 2.75) is 19.0 Å². The molecule has 4 N–H and O–H groups in total. The van der Waals surface area contributed by atoms with Gasteiger partial charge in [-0.15, -0.1) is 0 Å². The molecule has 1 unspecified atom stereocenters. The molecule has 14 heteroatoms. The third kappa shape index (κ3) is 6.56. The Morgan fingerprint density at radius 1 is 1.05 bits per heavy atom. The standard InChI is InChI=1S/C19H23ClN6O2.C4H7NO4/c1-22-17-16(18(27)23(2)19(22)28)26(13-21-17)12-9-24-7-10-25(11-8-24)15-6-4-3-5-14(15)20;5-2(4(8)9)1-3(6)7/h3-6,13H,7-12H2,1-2H3;2H,1,5H2,(H,6,7)(H,8,9). The highest BCUT2D eigenvalue weighted by molar-refractivity contribution is 6.33. The molecule has 37 heavy (non-hydrogen) atoms. The van der Waals surface area contributed by atoms with Crippen LogP contribution in [0.1, 0.15) is 6.42 Å². The van der Waals surface area contributed by atoms with Gasteiger partial charge in [0.25, 0.3) is 5.56 Å². The lowest BCUT2D eigenvalue weighted by molar-refractivity contribution is -0.144. The molecule has 3 aromatic rings. The van der Waals surface area contributed by atoms with Crippen LogP contribution in [-0.4, -0.2) is 84.5 Å². The maximum absolute atomic E-state index is 12.5. The molecule has 1 aliphatic rings. The first-order valence-electron chi connectivity index (χ1n) is 11.5. The third-order valence-electron chi connectivity index (χ3n) is 6.15. The minimum atomic E-state index is -1.29. The van der Waals surface area contributed by atoms with Crippen LogP contribution in [0.4, 0.5) is 5.69 Å². The number of hydrogen-bond donors (Lipinski definition) is 3. The average molecular weight is 536 g/mol. The molecule has 0 radical (unpaired) electrons. The second-order valence-corrected chi connectivity index (χ2v) is 9.05. The zero-order valence-corrected chi connectivity index (χ0v) is 21.3. The molecule has 0 saturated carbocycles. The van der Waals surface area contributed by atoms with E-state index >= 15 is 0 Å². The van der Waals surface area contributed by atoms with Gasteiger partial charge in [0.2, 0.25) is 0 Å². The van der Waals surface area contributed by atoms with Crippen molar-refractivity contribution in [1.82, 2.24) is 23.6 Å². The van der Waals surface area contributed by atoms with Crippen LogP contribution in [0.2, 0.25) is 5.02 Å². The molecular weight excluding hydrogens is 506 g/mol. The van der Waals surface area contributed by atoms with Crippen LogP contribution >= 0.6 is 11.6 Å². The first-order valence-corrected chi connectivity index (χ1v) is 11.9. The summed E-state index contributed by atoms with van der Waals surface area (Å²) >= 11 is 6.31. The van der Waals surface area contributed by atoms with Crippen LogP contribution in [0.15, 0.2) is 40.2 Å². The van der Waals surface area contributed by atoms with Crippen LogP contribution in [0, 0.1) is 0 Å². The Labute approximate surface area is 216 Å². The van der Waals surface area contributed by atoms with E-state index in [2.05, 4.69) is 20.9 Å². The molecule has 1 aromatic carbocycles. The Balaban J connectivity index is 0.000000364. The fraction of sp³-hybridized carbons (Fsp3) is 0.435. The number of benzene rings is 1. The minimum Gasteiger partial charge on any atom is -0.481 e. The number of nitrogens with zero attached hydrogens (tertiary/aromatic N) is 6. The Morgan fingerprint density at radius 3 is 2.27 bits per heavy atom. The van der Waals surface area contributed by atoms with Gasteiger partial charge in [-0.05, 0) is 12.1 Å². The van der Waals surface area contributed by atoms with Gasteiger partial charge in [-0.1, -0.05) is 23.7 Å². The molecule has 3 heterocycles. The number of carboxylic acid groups (broad SMARTS) is 2. The number of hydrogen-bond acceptors (Lipinski definition) is 8. The van der Waals surface area contributed by atoms with Crippen LogP contribution in [0.3, 0.4) is 0 Å². The number of para-hydroxylation sites is 1. The van der Waals surface area contributed by atoms with Gasteiger partial charge in [-0.25, -0.2) is 9.78 Å². The van der Waals surface area contributed by atoms with E-state index < -0.39 is 24.4 Å². The molecule has 1 aliphatic heterocycles. The normalized spacial score (nSPS) is 14.8. The lowest BCUT2D eigenvalue weighted by Gasteiger charge is -2.36. The van der Waals surface area contributed by atoms with Crippen molar-refractivity contribution < 1.29 is 19.8 Å². The number of carbonyl (C=O) groups is 2. The van der Waals surface area contributed by atoms with E-state index in [9.17, 15) is 19.2 Å². The summed E-state index contributed by atoms with van der Waals surface area (Å²) in [6.07, 6.45) is 1.11. The van der Waals surface area contributed by atoms with E-state index in [0.29, 0.717) is 17.7 Å². The molecule has 200 valence electrons. The second-order valence-electron chi connectivity index (χ2n) is 8.64. The van der Waals surface area contributed by atoms with Crippen molar-refractivity contribution >= 4 is 40.4 Å². The molecule has 0 aliphatic carbocycles. The Kier molecular flexibility index (Phi) is 9.08. The van der Waals surface area contributed by atoms with Gasteiger partial charge >= 0.3 is 17.6 Å². The molecule has 0 spiro atoms. The van der Waals surface area contributed by atoms with Gasteiger partial charge in [-0.2, -0.15) is 0 Å². The van der Waals surface area contributed by atoms with Crippen LogP contribution < -0.4 is 21.9 Å². The van der Waals surface area contributed by atoms with Gasteiger partial charge in [0.1, 0.15) is 6.04 Å². The summed E-state index contributed by atoms with van der Waals surface area (Å²) in [6.45, 7) is 5.13. The smallest absolute Gasteiger partial charge is 0.332 e. The van der Waals surface area contributed by atoms with Crippen molar-refractivity contribution in [2.75, 3.05) is 37.6 Å². The lowest BCUT2D eigenvalue weighted by atomic mass is 10.2. The van der Waals surface area contributed by atoms with Crippen LogP contribution in [0.25, 0.3) is 11.2 Å². The highest BCUT2D eigenvalue weighted by Gasteiger charge is 2.20. The summed E-state index contributed by atoms with van der Waals surface area (Å²) < 4.78 is 4.38. The van der Waals surface area contributed by atoms with E-state index in [1.807, 2.05) is 22.8 Å². The fourth-order valence-corrected chi connectivity index (χ4v) is 4.27. The number of rotatable bonds is 7. The zero-order valence-electron chi connectivity index (χ0n) is 20.6. The second kappa shape index (κ2) is 12.0. The summed E-state index contributed by atoms with van der Waals surface area (Å²) in [4.78, 5) is 53.1. The zero-order chi connectivity index (χ0) is 27.3. The number of aliphatic carboxylic acids is 2. The maximum atomic E-state index is 12.5. The molecule has 4 rings (SSSR count). The predicted octanol–water partition coefficient (Wildman–Crippen LogP) is -0.218. The quantitative estimate of drug-likeness (QED) is 0.367. The lowest BCUT2D eigenvalue weighted by Crippen LogP contribution is -2.47. The number of aryl methyl sites for hydroxylation is 1. The highest BCUT2D eigenvalue weighted by Crippen LogP contribution is 2.26. The first kappa shape index (κ1) is 27.9. The summed E-state index contributed by atoms with van der Waals surface area (Å²) in [5.74, 6) is -2.50. The topological polar surface area (TPSA) is 169 Å². The summed E-state index contributed by atoms with van der Waals surface area (Å²) in [5, 5.41) is 16.8. The van der Waals surface area contributed by atoms with E-state index in [0.717, 1.165) is 48.0 Å². The van der Waals surface area contributed by atoms with Gasteiger partial charge in [-0.3, -0.25) is 28.4 Å². The largest absolute Gasteiger partial charge is 0.481 e. The number of nitrogens with two attached hydrogens (primary N) is 1. The first-order chi connectivity index (χ1) is 17.5. The average Bonchev–Trinajstić information content (AvgIpc) is 3.30. The molecule has 2 aromatic heterocycles. The summed E-state index contributed by atoms with van der Waals surface area (Å²) in [7, 11) is 3.13. The minimum absolute atomic E-state index is 0.306. The molecule has 0 amide bonds. The number of piperazine rings is 1. The van der Waals surface area contributed by atoms with E-state index in [-0.39, 0.29) is 11.2 Å². The van der Waals surface area contributed by atoms with Gasteiger partial charge in [0.05, 0.1) is 23.5 Å². The molecular formula is C23H30ClN7O6. The monoisotopic (exact) mass is 535 g/mol. The fourth-order valence-electron chi connectivity index (χ4n) is 4.01. The highest BCUT2D eigenvalue weighted by atomic mass is 35.5. The number of carboxylic acids is 2. The SMILES string of the molecule is Cn1c(=O)c2c(ncn2CCN2CCN(c3ccccc3Cl)CC2)n(C)c1=O.NC(CC(=O)O)C(=O)O. The van der Waals surface area contributed by atoms with E-state index in [1.54, 1.807) is 13.4 Å². The molecule has 0 bridgehead atoms. The van der Waals surface area contributed by atoms with Crippen LogP contribution in [-0.2, 0) is 30.2 Å². The molecule has 1 atom stereocenters. The maximum Gasteiger partial charge on any atom is 0.332 e. The number of aromatic nitrogens is 4. The predicted molar refractivity (Wildman–Crippen MR) is 138 cm³/mol. The Bertz CT molecular complexity index is 1390. The number of anilines is 1. The van der Waals surface area contributed by atoms with Gasteiger partial charge < -0.3 is 25.4 Å². The van der Waals surface area contributed by atoms with E-state index in [1.165, 1.54) is 11.6 Å². The third-order valence-corrected chi connectivity index (χ3v) is 6.47. The van der Waals surface area contributed by atoms with Crippen molar-refractivity contribution in [2.24, 2.45) is 19.8 Å². The van der Waals surface area contributed by atoms with Crippen molar-refractivity contribution in [3.63, 3.8) is 0 Å². The van der Waals surface area contributed by atoms with Crippen molar-refractivity contribution in [1.29, 1.82) is 0 Å². The number of fused-ring (bicyclic) bond motifs is 1. The molecule has 1 saturated heterocycles. The van der Waals surface area contributed by atoms with Crippen molar-refractivity contribution in [3.8, 4) is 0 Å². The Hall–Kier alpha value is -3.68. The Morgan fingerprint density at radius 2 is 1.70 bits per heavy atom. The number of imidazole rings is 1. The molecule has 13 nitrogen and oxygen atoms in total. The summed E-state index contributed by atoms with van der Waals surface area (Å²) in [5.41, 5.74) is 6.14. The number of halogens is 1. The van der Waals surface area contributed by atoms with Gasteiger partial charge in [0, 0.05) is 53.4 Å². The van der Waals surface area contributed by atoms with E-state index in [4.69, 9.17) is 27.5 Å². The molecule has 1 fully saturated rings.